The van der Waals surface area contributed by atoms with Gasteiger partial charge in [-0.1, -0.05) is 0 Å². The summed E-state index contributed by atoms with van der Waals surface area (Å²) in [5.41, 5.74) is 7.17. The summed E-state index contributed by atoms with van der Waals surface area (Å²) in [5, 5.41) is 0. The van der Waals surface area contributed by atoms with Crippen molar-refractivity contribution in [3.05, 3.63) is 95.7 Å². The Labute approximate surface area is 207 Å². The average molecular weight is 509 g/mol. The van der Waals surface area contributed by atoms with Gasteiger partial charge in [0.05, 0.1) is 53.1 Å². The number of carbonyl (C=O) groups is 1. The molecule has 0 aliphatic heterocycles. The number of alkyl halides is 3. The third kappa shape index (κ3) is 4.53. The predicted molar refractivity (Wildman–Crippen MR) is 127 cm³/mol. The van der Waals surface area contributed by atoms with Gasteiger partial charge >= 0.3 is 6.18 Å². The second-order valence-corrected chi connectivity index (χ2v) is 8.36. The van der Waals surface area contributed by atoms with Gasteiger partial charge in [0.25, 0.3) is 5.91 Å². The van der Waals surface area contributed by atoms with Gasteiger partial charge in [-0.25, -0.2) is 14.4 Å². The maximum absolute atomic E-state index is 14.6. The van der Waals surface area contributed by atoms with Crippen LogP contribution < -0.4 is 5.73 Å². The molecule has 0 saturated carbocycles. The standard InChI is InChI=1S/C25H19F4N7O/c1-14(22-18(26)3-2-8-32-22)35(12-17-6-5-16(10-33-17)25(27,28)29)24(37)15-4-7-19-20(9-15)36-13-31-11-21(36)23(30)34-19/h2-11,13-14H,12H2,1H3,(H2,30,34)/t14-/m1/s1. The van der Waals surface area contributed by atoms with Gasteiger partial charge in [0.1, 0.15) is 17.2 Å². The van der Waals surface area contributed by atoms with Gasteiger partial charge in [0.2, 0.25) is 0 Å². The van der Waals surface area contributed by atoms with Gasteiger partial charge in [-0.05, 0) is 49.4 Å². The van der Waals surface area contributed by atoms with Crippen molar-refractivity contribution in [3.63, 3.8) is 0 Å². The van der Waals surface area contributed by atoms with Crippen molar-refractivity contribution in [1.82, 2.24) is 29.2 Å². The Balaban J connectivity index is 1.56. The van der Waals surface area contributed by atoms with E-state index in [1.807, 2.05) is 0 Å². The highest BCUT2D eigenvalue weighted by atomic mass is 19.4. The quantitative estimate of drug-likeness (QED) is 0.341. The van der Waals surface area contributed by atoms with E-state index in [0.29, 0.717) is 22.7 Å². The van der Waals surface area contributed by atoms with Crippen LogP contribution in [0.15, 0.2) is 67.4 Å². The maximum atomic E-state index is 14.6. The number of hydrogen-bond donors (Lipinski definition) is 1. The molecule has 0 saturated heterocycles. The van der Waals surface area contributed by atoms with Crippen LogP contribution in [0.5, 0.6) is 0 Å². The van der Waals surface area contributed by atoms with Gasteiger partial charge in [-0.3, -0.25) is 19.2 Å². The number of nitrogen functional groups attached to an aromatic ring is 1. The lowest BCUT2D eigenvalue weighted by atomic mass is 10.1. The number of imidazole rings is 1. The van der Waals surface area contributed by atoms with E-state index < -0.39 is 29.5 Å². The van der Waals surface area contributed by atoms with Crippen LogP contribution in [0.3, 0.4) is 0 Å². The first-order chi connectivity index (χ1) is 17.6. The number of nitrogens with two attached hydrogens (primary N) is 1. The Bertz CT molecular complexity index is 1620. The summed E-state index contributed by atoms with van der Waals surface area (Å²) in [5.74, 6) is -0.851. The number of rotatable bonds is 5. The Morgan fingerprint density at radius 3 is 2.62 bits per heavy atom. The molecule has 0 radical (unpaired) electrons. The molecule has 188 valence electrons. The summed E-state index contributed by atoms with van der Waals surface area (Å²) in [6.45, 7) is 1.40. The minimum Gasteiger partial charge on any atom is -0.382 e. The van der Waals surface area contributed by atoms with E-state index in [2.05, 4.69) is 19.9 Å². The fraction of sp³-hybridized carbons (Fsp3) is 0.160. The smallest absolute Gasteiger partial charge is 0.382 e. The zero-order valence-electron chi connectivity index (χ0n) is 19.3. The number of pyridine rings is 2. The van der Waals surface area contributed by atoms with E-state index >= 15 is 0 Å². The summed E-state index contributed by atoms with van der Waals surface area (Å²) in [6.07, 6.45) is 0.638. The number of anilines is 1. The van der Waals surface area contributed by atoms with Gasteiger partial charge in [0, 0.05) is 18.0 Å². The zero-order chi connectivity index (χ0) is 26.3. The molecule has 0 aliphatic rings. The van der Waals surface area contributed by atoms with Crippen LogP contribution in [0.25, 0.3) is 16.6 Å². The monoisotopic (exact) mass is 509 g/mol. The van der Waals surface area contributed by atoms with Crippen LogP contribution in [0, 0.1) is 5.82 Å². The predicted octanol–water partition coefficient (Wildman–Crippen LogP) is 4.82. The Kier molecular flexibility index (Phi) is 5.94. The first kappa shape index (κ1) is 24.1. The lowest BCUT2D eigenvalue weighted by Crippen LogP contribution is -2.34. The number of hydrogen-bond acceptors (Lipinski definition) is 6. The van der Waals surface area contributed by atoms with E-state index in [0.717, 1.165) is 6.07 Å². The molecule has 5 rings (SSSR count). The molecule has 8 nitrogen and oxygen atoms in total. The maximum Gasteiger partial charge on any atom is 0.417 e. The Hall–Kier alpha value is -4.61. The molecule has 4 aromatic heterocycles. The normalized spacial score (nSPS) is 12.7. The van der Waals surface area contributed by atoms with Crippen LogP contribution in [-0.2, 0) is 12.7 Å². The molecule has 0 bridgehead atoms. The second kappa shape index (κ2) is 9.12. The average Bonchev–Trinajstić information content (AvgIpc) is 3.38. The largest absolute Gasteiger partial charge is 0.417 e. The van der Waals surface area contributed by atoms with Gasteiger partial charge in [-0.15, -0.1) is 0 Å². The van der Waals surface area contributed by atoms with Gasteiger partial charge in [-0.2, -0.15) is 13.2 Å². The molecule has 37 heavy (non-hydrogen) atoms. The molecular formula is C25H19F4N7O. The summed E-state index contributed by atoms with van der Waals surface area (Å²) < 4.78 is 55.3. The van der Waals surface area contributed by atoms with Crippen molar-refractivity contribution < 1.29 is 22.4 Å². The molecule has 2 N–H and O–H groups in total. The molecule has 1 amide bonds. The summed E-state index contributed by atoms with van der Waals surface area (Å²) in [7, 11) is 0. The molecule has 1 aromatic carbocycles. The van der Waals surface area contributed by atoms with E-state index in [1.54, 1.807) is 42.0 Å². The molecule has 0 aliphatic carbocycles. The first-order valence-electron chi connectivity index (χ1n) is 11.1. The third-order valence-corrected chi connectivity index (χ3v) is 6.02. The Morgan fingerprint density at radius 2 is 1.92 bits per heavy atom. The minimum atomic E-state index is -4.55. The fourth-order valence-electron chi connectivity index (χ4n) is 4.07. The van der Waals surface area contributed by atoms with Crippen LogP contribution in [0.4, 0.5) is 23.4 Å². The second-order valence-electron chi connectivity index (χ2n) is 8.36. The fourth-order valence-corrected chi connectivity index (χ4v) is 4.07. The molecule has 4 heterocycles. The van der Waals surface area contributed by atoms with Crippen molar-refractivity contribution in [2.24, 2.45) is 0 Å². The lowest BCUT2D eigenvalue weighted by molar-refractivity contribution is -0.137. The van der Waals surface area contributed by atoms with Crippen molar-refractivity contribution in [1.29, 1.82) is 0 Å². The number of fused-ring (bicyclic) bond motifs is 3. The summed E-state index contributed by atoms with van der Waals surface area (Å²) >= 11 is 0. The Morgan fingerprint density at radius 1 is 1.11 bits per heavy atom. The third-order valence-electron chi connectivity index (χ3n) is 6.02. The van der Waals surface area contributed by atoms with Crippen LogP contribution in [0.2, 0.25) is 0 Å². The first-order valence-corrected chi connectivity index (χ1v) is 11.1. The van der Waals surface area contributed by atoms with E-state index in [9.17, 15) is 22.4 Å². The highest BCUT2D eigenvalue weighted by Crippen LogP contribution is 2.30. The van der Waals surface area contributed by atoms with E-state index in [-0.39, 0.29) is 29.3 Å². The number of aromatic nitrogens is 5. The molecule has 0 spiro atoms. The van der Waals surface area contributed by atoms with Crippen LogP contribution in [-0.4, -0.2) is 35.1 Å². The van der Waals surface area contributed by atoms with Crippen molar-refractivity contribution in [2.75, 3.05) is 5.73 Å². The van der Waals surface area contributed by atoms with Crippen LogP contribution in [0.1, 0.15) is 40.3 Å². The van der Waals surface area contributed by atoms with E-state index in [1.165, 1.54) is 29.3 Å². The molecule has 12 heteroatoms. The highest BCUT2D eigenvalue weighted by Gasteiger charge is 2.31. The molecule has 5 aromatic rings. The minimum absolute atomic E-state index is 0.00925. The van der Waals surface area contributed by atoms with Gasteiger partial charge in [0.15, 0.2) is 0 Å². The SMILES string of the molecule is C[C@H](c1ncccc1F)N(Cc1ccc(C(F)(F)F)cn1)C(=O)c1ccc2nc(N)c3cncn3c2c1. The molecule has 1 atom stereocenters. The molecule has 0 fully saturated rings. The number of amides is 1. The zero-order valence-corrected chi connectivity index (χ0v) is 19.3. The summed E-state index contributed by atoms with van der Waals surface area (Å²) in [6, 6.07) is 8.63. The number of nitrogens with zero attached hydrogens (tertiary/aromatic N) is 6. The van der Waals surface area contributed by atoms with Gasteiger partial charge < -0.3 is 10.6 Å². The van der Waals surface area contributed by atoms with E-state index in [4.69, 9.17) is 5.73 Å². The van der Waals surface area contributed by atoms with Crippen molar-refractivity contribution >= 4 is 28.3 Å². The van der Waals surface area contributed by atoms with Crippen LogP contribution >= 0.6 is 0 Å². The number of carbonyl (C=O) groups excluding carboxylic acids is 1. The molecule has 0 unspecified atom stereocenters. The number of benzene rings is 1. The van der Waals surface area contributed by atoms with Crippen molar-refractivity contribution in [3.8, 4) is 0 Å². The number of halogens is 4. The molecular weight excluding hydrogens is 490 g/mol. The lowest BCUT2D eigenvalue weighted by Gasteiger charge is -2.29. The highest BCUT2D eigenvalue weighted by molar-refractivity contribution is 5.98. The topological polar surface area (TPSA) is 102 Å². The van der Waals surface area contributed by atoms with Crippen molar-refractivity contribution in [2.45, 2.75) is 25.7 Å². The summed E-state index contributed by atoms with van der Waals surface area (Å²) in [4.78, 5) is 31.5.